The van der Waals surface area contributed by atoms with Crippen molar-refractivity contribution in [2.24, 2.45) is 0 Å². The summed E-state index contributed by atoms with van der Waals surface area (Å²) in [5, 5.41) is 8.72. The SMILES string of the molecule is CC[C@H]1CN(S(=O)(=O)c2ccc(C#N)cc2)CCO1. The number of ether oxygens (including phenoxy) is 1. The van der Waals surface area contributed by atoms with Gasteiger partial charge in [-0.15, -0.1) is 0 Å². The molecule has 0 aliphatic carbocycles. The van der Waals surface area contributed by atoms with Crippen molar-refractivity contribution >= 4 is 10.0 Å². The molecule has 0 aromatic heterocycles. The summed E-state index contributed by atoms with van der Waals surface area (Å²) in [5.74, 6) is 0. The van der Waals surface area contributed by atoms with Crippen molar-refractivity contribution in [3.8, 4) is 6.07 Å². The van der Waals surface area contributed by atoms with E-state index >= 15 is 0 Å². The first-order chi connectivity index (χ1) is 9.07. The second kappa shape index (κ2) is 5.70. The van der Waals surface area contributed by atoms with Crippen LogP contribution in [0.25, 0.3) is 0 Å². The Morgan fingerprint density at radius 1 is 1.42 bits per heavy atom. The van der Waals surface area contributed by atoms with Crippen LogP contribution in [-0.2, 0) is 14.8 Å². The lowest BCUT2D eigenvalue weighted by Gasteiger charge is -2.31. The van der Waals surface area contributed by atoms with Gasteiger partial charge in [-0.25, -0.2) is 8.42 Å². The third-order valence-electron chi connectivity index (χ3n) is 3.18. The van der Waals surface area contributed by atoms with Crippen LogP contribution in [0, 0.1) is 11.3 Å². The van der Waals surface area contributed by atoms with Crippen LogP contribution < -0.4 is 0 Å². The van der Waals surface area contributed by atoms with Gasteiger partial charge in [-0.05, 0) is 30.7 Å². The van der Waals surface area contributed by atoms with E-state index < -0.39 is 10.0 Å². The number of benzene rings is 1. The Balaban J connectivity index is 2.23. The van der Waals surface area contributed by atoms with E-state index in [4.69, 9.17) is 10.00 Å². The molecule has 1 aromatic carbocycles. The summed E-state index contributed by atoms with van der Waals surface area (Å²) < 4.78 is 31.8. The normalized spacial score (nSPS) is 20.9. The van der Waals surface area contributed by atoms with Gasteiger partial charge in [-0.1, -0.05) is 6.92 Å². The predicted octanol–water partition coefficient (Wildman–Crippen LogP) is 1.36. The number of sulfonamides is 1. The Bertz CT molecular complexity index is 575. The van der Waals surface area contributed by atoms with Crippen molar-refractivity contribution in [2.45, 2.75) is 24.3 Å². The second-order valence-electron chi connectivity index (χ2n) is 4.40. The largest absolute Gasteiger partial charge is 0.375 e. The van der Waals surface area contributed by atoms with Crippen LogP contribution in [0.15, 0.2) is 29.2 Å². The van der Waals surface area contributed by atoms with Crippen molar-refractivity contribution in [3.63, 3.8) is 0 Å². The number of hydrogen-bond donors (Lipinski definition) is 0. The van der Waals surface area contributed by atoms with E-state index in [9.17, 15) is 8.42 Å². The summed E-state index contributed by atoms with van der Waals surface area (Å²) in [4.78, 5) is 0.225. The highest BCUT2D eigenvalue weighted by Crippen LogP contribution is 2.20. The zero-order valence-electron chi connectivity index (χ0n) is 10.7. The highest BCUT2D eigenvalue weighted by molar-refractivity contribution is 7.89. The fourth-order valence-electron chi connectivity index (χ4n) is 2.01. The van der Waals surface area contributed by atoms with E-state index in [1.54, 1.807) is 0 Å². The van der Waals surface area contributed by atoms with E-state index in [0.717, 1.165) is 6.42 Å². The van der Waals surface area contributed by atoms with Crippen molar-refractivity contribution in [2.75, 3.05) is 19.7 Å². The Morgan fingerprint density at radius 2 is 2.11 bits per heavy atom. The maximum absolute atomic E-state index is 12.4. The van der Waals surface area contributed by atoms with Gasteiger partial charge in [0.15, 0.2) is 0 Å². The molecule has 102 valence electrons. The van der Waals surface area contributed by atoms with Gasteiger partial charge in [0.05, 0.1) is 29.2 Å². The summed E-state index contributed by atoms with van der Waals surface area (Å²) in [6.45, 7) is 3.16. The first-order valence-corrected chi connectivity index (χ1v) is 7.64. The van der Waals surface area contributed by atoms with Crippen LogP contribution in [0.2, 0.25) is 0 Å². The maximum Gasteiger partial charge on any atom is 0.243 e. The molecule has 1 aromatic rings. The van der Waals surface area contributed by atoms with E-state index in [1.165, 1.54) is 28.6 Å². The van der Waals surface area contributed by atoms with Gasteiger partial charge in [0.25, 0.3) is 0 Å². The molecule has 0 bridgehead atoms. The molecule has 0 N–H and O–H groups in total. The molecule has 1 aliphatic rings. The molecule has 0 spiro atoms. The van der Waals surface area contributed by atoms with Crippen LogP contribution in [-0.4, -0.2) is 38.5 Å². The number of nitrogens with zero attached hydrogens (tertiary/aromatic N) is 2. The van der Waals surface area contributed by atoms with Gasteiger partial charge < -0.3 is 4.74 Å². The fraction of sp³-hybridized carbons (Fsp3) is 0.462. The third kappa shape index (κ3) is 2.95. The van der Waals surface area contributed by atoms with Crippen LogP contribution >= 0.6 is 0 Å². The molecule has 0 amide bonds. The van der Waals surface area contributed by atoms with Gasteiger partial charge in [0.2, 0.25) is 10.0 Å². The van der Waals surface area contributed by atoms with E-state index in [0.29, 0.717) is 25.3 Å². The number of morpholine rings is 1. The predicted molar refractivity (Wildman–Crippen MR) is 69.9 cm³/mol. The Labute approximate surface area is 113 Å². The van der Waals surface area contributed by atoms with Crippen molar-refractivity contribution < 1.29 is 13.2 Å². The summed E-state index contributed by atoms with van der Waals surface area (Å²) in [5.41, 5.74) is 0.451. The smallest absolute Gasteiger partial charge is 0.243 e. The molecule has 0 radical (unpaired) electrons. The summed E-state index contributed by atoms with van der Waals surface area (Å²) >= 11 is 0. The lowest BCUT2D eigenvalue weighted by Crippen LogP contribution is -2.45. The first-order valence-electron chi connectivity index (χ1n) is 6.20. The van der Waals surface area contributed by atoms with Gasteiger partial charge >= 0.3 is 0 Å². The lowest BCUT2D eigenvalue weighted by atomic mass is 10.2. The van der Waals surface area contributed by atoms with E-state index in [-0.39, 0.29) is 11.0 Å². The van der Waals surface area contributed by atoms with Gasteiger partial charge in [0.1, 0.15) is 0 Å². The molecule has 1 saturated heterocycles. The molecule has 6 heteroatoms. The van der Waals surface area contributed by atoms with E-state index in [2.05, 4.69) is 0 Å². The molecule has 0 unspecified atom stereocenters. The molecule has 1 aliphatic heterocycles. The summed E-state index contributed by atoms with van der Waals surface area (Å²) in [6, 6.07) is 7.96. The Morgan fingerprint density at radius 3 is 2.68 bits per heavy atom. The van der Waals surface area contributed by atoms with Crippen LogP contribution in [0.1, 0.15) is 18.9 Å². The first kappa shape index (κ1) is 14.0. The van der Waals surface area contributed by atoms with Gasteiger partial charge in [-0.3, -0.25) is 0 Å². The monoisotopic (exact) mass is 280 g/mol. The van der Waals surface area contributed by atoms with Gasteiger partial charge in [-0.2, -0.15) is 9.57 Å². The Hall–Kier alpha value is -1.42. The molecule has 5 nitrogen and oxygen atoms in total. The number of rotatable bonds is 3. The Kier molecular flexibility index (Phi) is 4.20. The molecule has 19 heavy (non-hydrogen) atoms. The minimum Gasteiger partial charge on any atom is -0.375 e. The minimum atomic E-state index is -3.49. The number of hydrogen-bond acceptors (Lipinski definition) is 4. The zero-order valence-corrected chi connectivity index (χ0v) is 11.6. The average molecular weight is 280 g/mol. The molecule has 1 fully saturated rings. The summed E-state index contributed by atoms with van der Waals surface area (Å²) in [7, 11) is -3.49. The molecular weight excluding hydrogens is 264 g/mol. The molecule has 2 rings (SSSR count). The fourth-order valence-corrected chi connectivity index (χ4v) is 3.46. The lowest BCUT2D eigenvalue weighted by molar-refractivity contribution is -0.00277. The number of nitriles is 1. The van der Waals surface area contributed by atoms with E-state index in [1.807, 2.05) is 13.0 Å². The third-order valence-corrected chi connectivity index (χ3v) is 5.06. The maximum atomic E-state index is 12.4. The molecule has 1 atom stereocenters. The molecular formula is C13H16N2O3S. The summed E-state index contributed by atoms with van der Waals surface area (Å²) in [6.07, 6.45) is 0.751. The van der Waals surface area contributed by atoms with Gasteiger partial charge in [0, 0.05) is 13.1 Å². The van der Waals surface area contributed by atoms with Crippen molar-refractivity contribution in [3.05, 3.63) is 29.8 Å². The van der Waals surface area contributed by atoms with Crippen LogP contribution in [0.5, 0.6) is 0 Å². The molecule has 1 heterocycles. The van der Waals surface area contributed by atoms with Crippen molar-refractivity contribution in [1.29, 1.82) is 5.26 Å². The topological polar surface area (TPSA) is 70.4 Å². The highest BCUT2D eigenvalue weighted by Gasteiger charge is 2.29. The van der Waals surface area contributed by atoms with Crippen molar-refractivity contribution in [1.82, 2.24) is 4.31 Å². The average Bonchev–Trinajstić information content (AvgIpc) is 2.47. The van der Waals surface area contributed by atoms with Crippen LogP contribution in [0.4, 0.5) is 0 Å². The van der Waals surface area contributed by atoms with Crippen LogP contribution in [0.3, 0.4) is 0 Å². The highest BCUT2D eigenvalue weighted by atomic mass is 32.2. The molecule has 0 saturated carbocycles. The quantitative estimate of drug-likeness (QED) is 0.838. The standard InChI is InChI=1S/C13H16N2O3S/c1-2-12-10-15(7-8-18-12)19(16,17)13-5-3-11(9-14)4-6-13/h3-6,12H,2,7-8,10H2,1H3/t12-/m0/s1. The second-order valence-corrected chi connectivity index (χ2v) is 6.34. The zero-order chi connectivity index (χ0) is 13.9. The minimum absolute atomic E-state index is 0.0399.